The number of hydrogen-bond acceptors (Lipinski definition) is 4. The van der Waals surface area contributed by atoms with Crippen LogP contribution in [-0.4, -0.2) is 34.7 Å². The number of para-hydroxylation sites is 1. The van der Waals surface area contributed by atoms with Gasteiger partial charge in [-0.15, -0.1) is 0 Å². The quantitative estimate of drug-likeness (QED) is 0.782. The molecule has 0 saturated carbocycles. The molecule has 0 aliphatic carbocycles. The van der Waals surface area contributed by atoms with Gasteiger partial charge in [0.05, 0.1) is 0 Å². The van der Waals surface area contributed by atoms with E-state index in [1.807, 2.05) is 0 Å². The molecule has 0 fully saturated rings. The second-order valence-corrected chi connectivity index (χ2v) is 5.10. The lowest BCUT2D eigenvalue weighted by molar-refractivity contribution is -0.118. The van der Waals surface area contributed by atoms with Crippen molar-refractivity contribution in [2.75, 3.05) is 13.1 Å². The van der Waals surface area contributed by atoms with Gasteiger partial charge in [-0.2, -0.15) is 5.10 Å². The molecule has 0 spiro atoms. The van der Waals surface area contributed by atoms with Gasteiger partial charge in [0.15, 0.2) is 5.69 Å². The molecule has 2 amide bonds. The van der Waals surface area contributed by atoms with Gasteiger partial charge in [-0.25, -0.2) is 9.07 Å². The summed E-state index contributed by atoms with van der Waals surface area (Å²) < 4.78 is 15.1. The van der Waals surface area contributed by atoms with Gasteiger partial charge in [-0.1, -0.05) is 12.1 Å². The molecular weight excluding hydrogens is 315 g/mol. The van der Waals surface area contributed by atoms with Crippen LogP contribution in [0.4, 0.5) is 4.39 Å². The highest BCUT2D eigenvalue weighted by molar-refractivity contribution is 5.92. The molecule has 2 rings (SSSR count). The average molecular weight is 332 g/mol. The summed E-state index contributed by atoms with van der Waals surface area (Å²) in [7, 11) is 0. The van der Waals surface area contributed by atoms with Crippen molar-refractivity contribution in [2.24, 2.45) is 0 Å². The minimum absolute atomic E-state index is 0.141. The van der Waals surface area contributed by atoms with Crippen molar-refractivity contribution in [1.29, 1.82) is 0 Å². The first-order valence-corrected chi connectivity index (χ1v) is 7.28. The van der Waals surface area contributed by atoms with Crippen molar-refractivity contribution in [2.45, 2.75) is 13.8 Å². The molecule has 0 saturated heterocycles. The van der Waals surface area contributed by atoms with Crippen LogP contribution in [-0.2, 0) is 4.79 Å². The van der Waals surface area contributed by atoms with E-state index in [0.29, 0.717) is 5.69 Å². The lowest BCUT2D eigenvalue weighted by atomic mass is 10.2. The standard InChI is InChI=1S/C16H17FN4O3/c1-10-9-14(23)15(16(24)19-8-7-18-11(2)22)20-21(10)13-6-4-3-5-12(13)17/h3-6,9H,7-8H2,1-2H3,(H,18,22)(H,19,24). The summed E-state index contributed by atoms with van der Waals surface area (Å²) in [6, 6.07) is 7.15. The van der Waals surface area contributed by atoms with Crippen LogP contribution in [0.2, 0.25) is 0 Å². The highest BCUT2D eigenvalue weighted by Crippen LogP contribution is 2.12. The van der Waals surface area contributed by atoms with E-state index in [0.717, 1.165) is 0 Å². The van der Waals surface area contributed by atoms with Gasteiger partial charge in [0.1, 0.15) is 11.5 Å². The van der Waals surface area contributed by atoms with Crippen LogP contribution in [0, 0.1) is 12.7 Å². The summed E-state index contributed by atoms with van der Waals surface area (Å²) in [6.45, 7) is 3.33. The zero-order valence-corrected chi connectivity index (χ0v) is 13.3. The highest BCUT2D eigenvalue weighted by atomic mass is 19.1. The molecule has 2 N–H and O–H groups in total. The van der Waals surface area contributed by atoms with Gasteiger partial charge in [0, 0.05) is 31.8 Å². The number of benzene rings is 1. The van der Waals surface area contributed by atoms with E-state index in [2.05, 4.69) is 15.7 Å². The van der Waals surface area contributed by atoms with Crippen LogP contribution in [0.5, 0.6) is 0 Å². The fourth-order valence-corrected chi connectivity index (χ4v) is 2.07. The van der Waals surface area contributed by atoms with Gasteiger partial charge in [0.25, 0.3) is 5.91 Å². The molecule has 0 atom stereocenters. The number of rotatable bonds is 5. The molecule has 126 valence electrons. The third-order valence-corrected chi connectivity index (χ3v) is 3.19. The topological polar surface area (TPSA) is 93.1 Å². The Hall–Kier alpha value is -3.03. The van der Waals surface area contributed by atoms with Crippen LogP contribution in [0.25, 0.3) is 5.69 Å². The molecule has 7 nitrogen and oxygen atoms in total. The third kappa shape index (κ3) is 4.03. The van der Waals surface area contributed by atoms with E-state index in [-0.39, 0.29) is 30.4 Å². The fourth-order valence-electron chi connectivity index (χ4n) is 2.07. The highest BCUT2D eigenvalue weighted by Gasteiger charge is 2.16. The Bertz CT molecular complexity index is 832. The summed E-state index contributed by atoms with van der Waals surface area (Å²) in [5.41, 5.74) is -0.356. The van der Waals surface area contributed by atoms with Crippen molar-refractivity contribution >= 4 is 11.8 Å². The molecule has 0 bridgehead atoms. The molecule has 1 heterocycles. The fraction of sp³-hybridized carbons (Fsp3) is 0.250. The van der Waals surface area contributed by atoms with E-state index >= 15 is 0 Å². The Balaban J connectivity index is 2.27. The summed E-state index contributed by atoms with van der Waals surface area (Å²) >= 11 is 0. The lowest BCUT2D eigenvalue weighted by Crippen LogP contribution is -2.37. The zero-order chi connectivity index (χ0) is 17.7. The van der Waals surface area contributed by atoms with Gasteiger partial charge >= 0.3 is 0 Å². The van der Waals surface area contributed by atoms with Crippen molar-refractivity contribution in [1.82, 2.24) is 20.4 Å². The van der Waals surface area contributed by atoms with E-state index in [1.165, 1.54) is 35.9 Å². The van der Waals surface area contributed by atoms with Crippen molar-refractivity contribution in [3.8, 4) is 5.69 Å². The Kier molecular flexibility index (Phi) is 5.41. The van der Waals surface area contributed by atoms with Gasteiger partial charge in [0.2, 0.25) is 11.3 Å². The monoisotopic (exact) mass is 332 g/mol. The number of amides is 2. The Morgan fingerprint density at radius 1 is 1.21 bits per heavy atom. The molecule has 1 aromatic carbocycles. The second-order valence-electron chi connectivity index (χ2n) is 5.10. The van der Waals surface area contributed by atoms with Crippen LogP contribution in [0.1, 0.15) is 23.1 Å². The molecule has 2 aromatic rings. The van der Waals surface area contributed by atoms with Crippen molar-refractivity contribution in [3.05, 3.63) is 57.8 Å². The normalized spacial score (nSPS) is 10.3. The summed E-state index contributed by atoms with van der Waals surface area (Å²) in [5.74, 6) is -1.43. The first kappa shape index (κ1) is 17.3. The molecular formula is C16H17FN4O3. The predicted octanol–water partition coefficient (Wildman–Crippen LogP) is 0.546. The second kappa shape index (κ2) is 7.49. The number of carbonyl (C=O) groups is 2. The number of aryl methyl sites for hydroxylation is 1. The maximum atomic E-state index is 13.9. The van der Waals surface area contributed by atoms with E-state index in [4.69, 9.17) is 0 Å². The van der Waals surface area contributed by atoms with Gasteiger partial charge in [-0.05, 0) is 19.1 Å². The SMILES string of the molecule is CC(=O)NCCNC(=O)c1nn(-c2ccccc2F)c(C)cc1=O. The first-order chi connectivity index (χ1) is 11.4. The third-order valence-electron chi connectivity index (χ3n) is 3.19. The molecule has 24 heavy (non-hydrogen) atoms. The predicted molar refractivity (Wildman–Crippen MR) is 85.5 cm³/mol. The first-order valence-electron chi connectivity index (χ1n) is 7.28. The Labute approximate surface area is 137 Å². The number of nitrogens with one attached hydrogen (secondary N) is 2. The minimum Gasteiger partial charge on any atom is -0.355 e. The zero-order valence-electron chi connectivity index (χ0n) is 13.3. The molecule has 1 aromatic heterocycles. The number of carbonyl (C=O) groups excluding carboxylic acids is 2. The number of aromatic nitrogens is 2. The van der Waals surface area contributed by atoms with Crippen molar-refractivity contribution in [3.63, 3.8) is 0 Å². The van der Waals surface area contributed by atoms with Crippen LogP contribution in [0.15, 0.2) is 35.1 Å². The maximum Gasteiger partial charge on any atom is 0.275 e. The van der Waals surface area contributed by atoms with Crippen molar-refractivity contribution < 1.29 is 14.0 Å². The van der Waals surface area contributed by atoms with Gasteiger partial charge < -0.3 is 10.6 Å². The Morgan fingerprint density at radius 3 is 2.54 bits per heavy atom. The number of nitrogens with zero attached hydrogens (tertiary/aromatic N) is 2. The van der Waals surface area contributed by atoms with Gasteiger partial charge in [-0.3, -0.25) is 14.4 Å². The molecule has 0 unspecified atom stereocenters. The van der Waals surface area contributed by atoms with E-state index < -0.39 is 17.2 Å². The van der Waals surface area contributed by atoms with Crippen LogP contribution < -0.4 is 16.1 Å². The molecule has 0 radical (unpaired) electrons. The molecule has 8 heteroatoms. The average Bonchev–Trinajstić information content (AvgIpc) is 2.52. The molecule has 0 aliphatic rings. The van der Waals surface area contributed by atoms with E-state index in [9.17, 15) is 18.8 Å². The maximum absolute atomic E-state index is 13.9. The summed E-state index contributed by atoms with van der Waals surface area (Å²) in [4.78, 5) is 34.8. The Morgan fingerprint density at radius 2 is 1.88 bits per heavy atom. The smallest absolute Gasteiger partial charge is 0.275 e. The lowest BCUT2D eigenvalue weighted by Gasteiger charge is -2.12. The van der Waals surface area contributed by atoms with Crippen LogP contribution >= 0.6 is 0 Å². The summed E-state index contributed by atoms with van der Waals surface area (Å²) in [5, 5.41) is 8.98. The molecule has 0 aliphatic heterocycles. The summed E-state index contributed by atoms with van der Waals surface area (Å²) in [6.07, 6.45) is 0. The minimum atomic E-state index is -0.685. The van der Waals surface area contributed by atoms with Crippen LogP contribution in [0.3, 0.4) is 0 Å². The van der Waals surface area contributed by atoms with E-state index in [1.54, 1.807) is 13.0 Å². The number of halogens is 1. The largest absolute Gasteiger partial charge is 0.355 e. The number of hydrogen-bond donors (Lipinski definition) is 2.